The molecule has 1 heterocycles. The molecule has 3 aromatic rings. The molecule has 0 amide bonds. The predicted octanol–water partition coefficient (Wildman–Crippen LogP) is 2.65. The van der Waals surface area contributed by atoms with Crippen LogP contribution in [0.4, 0.5) is 0 Å². The highest BCUT2D eigenvalue weighted by atomic mass is 32.2. The molecule has 6 nitrogen and oxygen atoms in total. The lowest BCUT2D eigenvalue weighted by Gasteiger charge is -2.17. The second-order valence-corrected chi connectivity index (χ2v) is 6.56. The number of hydrogen-bond donors (Lipinski definition) is 1. The average Bonchev–Trinajstić information content (AvgIpc) is 3.01. The number of rotatable bonds is 5. The summed E-state index contributed by atoms with van der Waals surface area (Å²) in [5.41, 5.74) is 1.56. The summed E-state index contributed by atoms with van der Waals surface area (Å²) in [6, 6.07) is 13.9. The van der Waals surface area contributed by atoms with Crippen molar-refractivity contribution in [2.45, 2.75) is 24.3 Å². The number of benzene rings is 2. The Bertz CT molecular complexity index is 875. The smallest absolute Gasteiger partial charge is 0.243 e. The zero-order chi connectivity index (χ0) is 15.6. The maximum absolute atomic E-state index is 12.7. The number of hydrogen-bond acceptors (Lipinski definition) is 5. The van der Waals surface area contributed by atoms with E-state index in [9.17, 15) is 8.42 Å². The molecule has 1 N–H and O–H groups in total. The van der Waals surface area contributed by atoms with Crippen molar-refractivity contribution in [1.29, 1.82) is 0 Å². The van der Waals surface area contributed by atoms with Crippen LogP contribution < -0.4 is 4.72 Å². The van der Waals surface area contributed by atoms with Crippen LogP contribution in [0.1, 0.15) is 24.9 Å². The summed E-state index contributed by atoms with van der Waals surface area (Å²) in [5, 5.41) is 7.36. The van der Waals surface area contributed by atoms with E-state index in [0.717, 1.165) is 5.56 Å². The molecule has 0 aliphatic rings. The molecular formula is C15H15N3O3S. The highest BCUT2D eigenvalue weighted by Gasteiger charge is 2.24. The van der Waals surface area contributed by atoms with E-state index in [4.69, 9.17) is 0 Å². The van der Waals surface area contributed by atoms with Gasteiger partial charge in [0.05, 0.1) is 0 Å². The van der Waals surface area contributed by atoms with Crippen molar-refractivity contribution >= 4 is 21.1 Å². The lowest BCUT2D eigenvalue weighted by Crippen LogP contribution is -2.28. The molecular weight excluding hydrogens is 302 g/mol. The summed E-state index contributed by atoms with van der Waals surface area (Å²) in [6.45, 7) is 1.93. The van der Waals surface area contributed by atoms with Crippen molar-refractivity contribution < 1.29 is 13.0 Å². The molecule has 0 aliphatic heterocycles. The first-order valence-electron chi connectivity index (χ1n) is 6.90. The fourth-order valence-electron chi connectivity index (χ4n) is 2.32. The second kappa shape index (κ2) is 5.86. The van der Waals surface area contributed by atoms with Gasteiger partial charge in [-0.1, -0.05) is 43.3 Å². The zero-order valence-electron chi connectivity index (χ0n) is 11.9. The van der Waals surface area contributed by atoms with Crippen molar-refractivity contribution in [1.82, 2.24) is 15.0 Å². The van der Waals surface area contributed by atoms with Gasteiger partial charge in [-0.2, -0.15) is 0 Å². The molecule has 1 atom stereocenters. The van der Waals surface area contributed by atoms with Crippen molar-refractivity contribution in [3.8, 4) is 0 Å². The fourth-order valence-corrected chi connectivity index (χ4v) is 3.78. The summed E-state index contributed by atoms with van der Waals surface area (Å²) < 4.78 is 32.7. The van der Waals surface area contributed by atoms with E-state index in [1.54, 1.807) is 12.1 Å². The maximum Gasteiger partial charge on any atom is 0.243 e. The molecule has 114 valence electrons. The van der Waals surface area contributed by atoms with Crippen LogP contribution in [-0.4, -0.2) is 18.7 Å². The summed E-state index contributed by atoms with van der Waals surface area (Å²) in [4.78, 5) is 0.0700. The minimum atomic E-state index is -3.73. The molecule has 3 rings (SSSR count). The van der Waals surface area contributed by atoms with Crippen LogP contribution in [0.15, 0.2) is 58.1 Å². The summed E-state index contributed by atoms with van der Waals surface area (Å²) in [5.74, 6) is 0. The van der Waals surface area contributed by atoms with Gasteiger partial charge in [-0.05, 0) is 34.4 Å². The molecule has 0 unspecified atom stereocenters. The number of sulfonamides is 1. The van der Waals surface area contributed by atoms with Crippen molar-refractivity contribution in [3.63, 3.8) is 0 Å². The molecule has 0 saturated carbocycles. The number of nitrogens with zero attached hydrogens (tertiary/aromatic N) is 2. The molecule has 0 bridgehead atoms. The molecule has 0 spiro atoms. The van der Waals surface area contributed by atoms with Crippen LogP contribution in [-0.2, 0) is 10.0 Å². The third kappa shape index (κ3) is 2.72. The van der Waals surface area contributed by atoms with Crippen LogP contribution in [0, 0.1) is 0 Å². The topological polar surface area (TPSA) is 85.1 Å². The van der Waals surface area contributed by atoms with E-state index in [-0.39, 0.29) is 16.5 Å². The second-order valence-electron chi connectivity index (χ2n) is 4.88. The average molecular weight is 317 g/mol. The molecule has 22 heavy (non-hydrogen) atoms. The minimum Gasteiger partial charge on any atom is -0.243 e. The summed E-state index contributed by atoms with van der Waals surface area (Å²) >= 11 is 0. The molecule has 1 aromatic heterocycles. The number of fused-ring (bicyclic) bond motifs is 1. The quantitative estimate of drug-likeness (QED) is 0.782. The number of aromatic nitrogens is 2. The van der Waals surface area contributed by atoms with E-state index in [0.29, 0.717) is 11.9 Å². The van der Waals surface area contributed by atoms with Gasteiger partial charge in [0.1, 0.15) is 10.4 Å². The van der Waals surface area contributed by atoms with Gasteiger partial charge in [0.15, 0.2) is 5.52 Å². The lowest BCUT2D eigenvalue weighted by molar-refractivity contribution is 0.315. The Balaban J connectivity index is 1.98. The van der Waals surface area contributed by atoms with Gasteiger partial charge >= 0.3 is 0 Å². The third-order valence-electron chi connectivity index (χ3n) is 3.45. The molecule has 0 fully saturated rings. The molecule has 0 radical (unpaired) electrons. The largest absolute Gasteiger partial charge is 0.243 e. The van der Waals surface area contributed by atoms with Crippen molar-refractivity contribution in [2.75, 3.05) is 0 Å². The molecule has 7 heteroatoms. The minimum absolute atomic E-state index is 0.0700. The van der Waals surface area contributed by atoms with Crippen LogP contribution >= 0.6 is 0 Å². The van der Waals surface area contributed by atoms with Gasteiger partial charge in [0, 0.05) is 6.04 Å². The predicted molar refractivity (Wildman–Crippen MR) is 81.6 cm³/mol. The van der Waals surface area contributed by atoms with E-state index in [2.05, 4.69) is 19.7 Å². The first-order valence-corrected chi connectivity index (χ1v) is 8.38. The van der Waals surface area contributed by atoms with Crippen LogP contribution in [0.3, 0.4) is 0 Å². The Kier molecular flexibility index (Phi) is 3.91. The van der Waals surface area contributed by atoms with Crippen molar-refractivity contribution in [3.05, 3.63) is 54.1 Å². The normalized spacial score (nSPS) is 13.3. The molecule has 0 saturated heterocycles. The molecule has 2 aromatic carbocycles. The Hall–Kier alpha value is -2.25. The Morgan fingerprint density at radius 2 is 1.86 bits per heavy atom. The highest BCUT2D eigenvalue weighted by molar-refractivity contribution is 7.89. The number of nitrogens with one attached hydrogen (secondary N) is 1. The van der Waals surface area contributed by atoms with E-state index in [1.807, 2.05) is 37.3 Å². The van der Waals surface area contributed by atoms with E-state index >= 15 is 0 Å². The van der Waals surface area contributed by atoms with Gasteiger partial charge in [0.2, 0.25) is 10.0 Å². The Morgan fingerprint density at radius 1 is 1.09 bits per heavy atom. The third-order valence-corrected chi connectivity index (χ3v) is 4.95. The van der Waals surface area contributed by atoms with Crippen LogP contribution in [0.25, 0.3) is 11.0 Å². The Morgan fingerprint density at radius 3 is 2.59 bits per heavy atom. The van der Waals surface area contributed by atoms with Gasteiger partial charge in [0.25, 0.3) is 0 Å². The van der Waals surface area contributed by atoms with E-state index in [1.165, 1.54) is 6.07 Å². The first kappa shape index (κ1) is 14.7. The van der Waals surface area contributed by atoms with Gasteiger partial charge in [-0.25, -0.2) is 17.8 Å². The first-order chi connectivity index (χ1) is 10.6. The standard InChI is InChI=1S/C15H15N3O3S/c1-2-12(11-7-4-3-5-8-11)18-22(19,20)14-10-6-9-13-15(14)17-21-16-13/h3-10,12,18H,2H2,1H3/t12-/m0/s1. The fraction of sp³-hybridized carbons (Fsp3) is 0.200. The van der Waals surface area contributed by atoms with E-state index < -0.39 is 10.0 Å². The lowest BCUT2D eigenvalue weighted by atomic mass is 10.1. The highest BCUT2D eigenvalue weighted by Crippen LogP contribution is 2.23. The zero-order valence-corrected chi connectivity index (χ0v) is 12.7. The van der Waals surface area contributed by atoms with Gasteiger partial charge in [-0.15, -0.1) is 0 Å². The van der Waals surface area contributed by atoms with Gasteiger partial charge < -0.3 is 0 Å². The maximum atomic E-state index is 12.7. The van der Waals surface area contributed by atoms with Gasteiger partial charge in [-0.3, -0.25) is 0 Å². The van der Waals surface area contributed by atoms with Crippen LogP contribution in [0.2, 0.25) is 0 Å². The molecule has 0 aliphatic carbocycles. The monoisotopic (exact) mass is 317 g/mol. The SMILES string of the molecule is CC[C@H](NS(=O)(=O)c1cccc2nonc12)c1ccccc1. The summed E-state index contributed by atoms with van der Waals surface area (Å²) in [7, 11) is -3.73. The summed E-state index contributed by atoms with van der Waals surface area (Å²) in [6.07, 6.45) is 0.635. The van der Waals surface area contributed by atoms with Crippen LogP contribution in [0.5, 0.6) is 0 Å². The Labute approximate surface area is 128 Å². The van der Waals surface area contributed by atoms with Crippen molar-refractivity contribution in [2.24, 2.45) is 0 Å².